The Labute approximate surface area is 179 Å². The second kappa shape index (κ2) is 8.25. The number of rotatable bonds is 6. The molecule has 0 unspecified atom stereocenters. The van der Waals surface area contributed by atoms with Crippen molar-refractivity contribution in [3.05, 3.63) is 78.4 Å². The van der Waals surface area contributed by atoms with Gasteiger partial charge in [0.05, 0.1) is 36.7 Å². The van der Waals surface area contributed by atoms with Crippen LogP contribution in [0.3, 0.4) is 0 Å². The lowest BCUT2D eigenvalue weighted by Crippen LogP contribution is -2.15. The Hall–Kier alpha value is -4.02. The van der Waals surface area contributed by atoms with E-state index in [1.165, 1.54) is 43.9 Å². The topological polar surface area (TPSA) is 77.8 Å². The highest BCUT2D eigenvalue weighted by molar-refractivity contribution is 5.81. The van der Waals surface area contributed by atoms with Gasteiger partial charge in [-0.25, -0.2) is 19.3 Å². The number of methoxy groups -OCH3 is 1. The van der Waals surface area contributed by atoms with Crippen molar-refractivity contribution in [2.45, 2.75) is 12.7 Å². The first kappa shape index (κ1) is 21.2. The van der Waals surface area contributed by atoms with Gasteiger partial charge in [-0.3, -0.25) is 9.55 Å². The lowest BCUT2D eigenvalue weighted by molar-refractivity contribution is -0.145. The maximum absolute atomic E-state index is 13.7. The van der Waals surface area contributed by atoms with E-state index >= 15 is 0 Å². The second-order valence-electron chi connectivity index (χ2n) is 6.68. The van der Waals surface area contributed by atoms with Gasteiger partial charge in [0.2, 0.25) is 5.82 Å². The highest BCUT2D eigenvalue weighted by atomic mass is 19.4. The van der Waals surface area contributed by atoms with Crippen molar-refractivity contribution >= 4 is 22.6 Å². The number of fused-ring (bicyclic) bond motifs is 1. The number of hydrogen-bond acceptors (Lipinski definition) is 6. The number of benzene rings is 1. The summed E-state index contributed by atoms with van der Waals surface area (Å²) in [7, 11) is 1.42. The molecular weight excluding hydrogens is 428 g/mol. The zero-order valence-corrected chi connectivity index (χ0v) is 16.7. The van der Waals surface area contributed by atoms with Crippen LogP contribution in [0.15, 0.2) is 55.6 Å². The van der Waals surface area contributed by atoms with Gasteiger partial charge in [-0.2, -0.15) is 13.2 Å². The van der Waals surface area contributed by atoms with E-state index in [2.05, 4.69) is 31.8 Å². The van der Waals surface area contributed by atoms with Gasteiger partial charge in [0.15, 0.2) is 5.82 Å². The average molecular weight is 444 g/mol. The predicted molar refractivity (Wildman–Crippen MR) is 109 cm³/mol. The fourth-order valence-electron chi connectivity index (χ4n) is 3.05. The quantitative estimate of drug-likeness (QED) is 0.346. The first-order chi connectivity index (χ1) is 15.3. The van der Waals surface area contributed by atoms with Crippen LogP contribution in [0.25, 0.3) is 22.6 Å². The molecule has 0 fully saturated rings. The molecule has 0 aliphatic heterocycles. The Balaban J connectivity index is 1.69. The largest absolute Gasteiger partial charge is 0.497 e. The monoisotopic (exact) mass is 444 g/mol. The van der Waals surface area contributed by atoms with E-state index in [1.54, 1.807) is 6.07 Å². The van der Waals surface area contributed by atoms with Gasteiger partial charge in [0.1, 0.15) is 17.4 Å². The lowest BCUT2D eigenvalue weighted by atomic mass is 10.2. The van der Waals surface area contributed by atoms with Gasteiger partial charge in [-0.05, 0) is 24.3 Å². The van der Waals surface area contributed by atoms with Gasteiger partial charge in [0, 0.05) is 23.9 Å². The van der Waals surface area contributed by atoms with Gasteiger partial charge in [0.25, 0.3) is 0 Å². The zero-order valence-electron chi connectivity index (χ0n) is 16.7. The molecule has 11 heteroatoms. The molecule has 4 aromatic rings. The van der Waals surface area contributed by atoms with Crippen molar-refractivity contribution in [1.82, 2.24) is 24.5 Å². The van der Waals surface area contributed by atoms with Crippen molar-refractivity contribution in [3.63, 3.8) is 0 Å². The minimum Gasteiger partial charge on any atom is -0.497 e. The van der Waals surface area contributed by atoms with E-state index in [-0.39, 0.29) is 29.2 Å². The molecule has 32 heavy (non-hydrogen) atoms. The maximum Gasteiger partial charge on any atom is 0.450 e. The Morgan fingerprint density at radius 1 is 1.16 bits per heavy atom. The summed E-state index contributed by atoms with van der Waals surface area (Å²) in [5, 5.41) is 2.87. The Kier molecular flexibility index (Phi) is 5.47. The predicted octanol–water partition coefficient (Wildman–Crippen LogP) is 4.60. The van der Waals surface area contributed by atoms with Crippen molar-refractivity contribution in [3.8, 4) is 5.82 Å². The highest BCUT2D eigenvalue weighted by Gasteiger charge is 2.38. The summed E-state index contributed by atoms with van der Waals surface area (Å²) < 4.78 is 60.7. The van der Waals surface area contributed by atoms with Crippen LogP contribution in [0.5, 0.6) is 0 Å². The summed E-state index contributed by atoms with van der Waals surface area (Å²) in [5.74, 6) is -1.13. The molecule has 0 atom stereocenters. The molecule has 0 aliphatic rings. The van der Waals surface area contributed by atoms with Crippen LogP contribution in [-0.4, -0.2) is 31.6 Å². The lowest BCUT2D eigenvalue weighted by Gasteiger charge is -2.11. The van der Waals surface area contributed by atoms with Gasteiger partial charge in [-0.15, -0.1) is 0 Å². The van der Waals surface area contributed by atoms with E-state index in [0.29, 0.717) is 16.9 Å². The van der Waals surface area contributed by atoms with Gasteiger partial charge < -0.3 is 10.1 Å². The van der Waals surface area contributed by atoms with Gasteiger partial charge in [-0.1, -0.05) is 6.58 Å². The molecule has 0 amide bonds. The smallest absolute Gasteiger partial charge is 0.450 e. The molecular formula is C21H16F4N6O. The number of nitrogens with one attached hydrogen (secondary N) is 1. The summed E-state index contributed by atoms with van der Waals surface area (Å²) in [4.78, 5) is 15.6. The van der Waals surface area contributed by atoms with E-state index in [0.717, 1.165) is 10.8 Å². The maximum atomic E-state index is 13.7. The molecule has 0 saturated carbocycles. The minimum atomic E-state index is -4.73. The van der Waals surface area contributed by atoms with Crippen LogP contribution in [0, 0.1) is 5.82 Å². The number of aromatic nitrogens is 5. The number of pyridine rings is 1. The molecule has 4 rings (SSSR count). The standard InChI is InChI=1S/C21H16F4N6O/c1-12(32-2)13-3-4-17-16(7-13)30-20(21(23,24)25)31(17)19-11-28-18(10-29-19)27-8-14-5-6-26-9-15(14)22/h3-7,9-11H,1,8H2,2H3,(H,27,28). The van der Waals surface area contributed by atoms with E-state index in [1.807, 2.05) is 0 Å². The third-order valence-corrected chi connectivity index (χ3v) is 4.66. The minimum absolute atomic E-state index is 0.0706. The van der Waals surface area contributed by atoms with Crippen molar-refractivity contribution in [2.75, 3.05) is 12.4 Å². The van der Waals surface area contributed by atoms with Crippen LogP contribution in [-0.2, 0) is 17.5 Å². The molecule has 1 aromatic carbocycles. The molecule has 0 radical (unpaired) electrons. The summed E-state index contributed by atoms with van der Waals surface area (Å²) in [6, 6.07) is 6.03. The Morgan fingerprint density at radius 2 is 1.97 bits per heavy atom. The number of ether oxygens (including phenoxy) is 1. The van der Waals surface area contributed by atoms with Crippen molar-refractivity contribution < 1.29 is 22.3 Å². The summed E-state index contributed by atoms with van der Waals surface area (Å²) in [6.07, 6.45) is 0.257. The Bertz CT molecular complexity index is 1280. The number of nitrogens with zero attached hydrogens (tertiary/aromatic N) is 5. The van der Waals surface area contributed by atoms with Crippen LogP contribution in [0.1, 0.15) is 17.0 Å². The van der Waals surface area contributed by atoms with E-state index < -0.39 is 17.8 Å². The molecule has 0 bridgehead atoms. The average Bonchev–Trinajstić information content (AvgIpc) is 3.18. The summed E-state index contributed by atoms with van der Waals surface area (Å²) in [5.41, 5.74) is 1.16. The first-order valence-electron chi connectivity index (χ1n) is 9.25. The molecule has 3 aromatic heterocycles. The Morgan fingerprint density at radius 3 is 2.62 bits per heavy atom. The summed E-state index contributed by atoms with van der Waals surface area (Å²) >= 11 is 0. The third-order valence-electron chi connectivity index (χ3n) is 4.66. The first-order valence-corrected chi connectivity index (χ1v) is 9.25. The fourth-order valence-corrected chi connectivity index (χ4v) is 3.05. The number of anilines is 1. The van der Waals surface area contributed by atoms with Crippen LogP contribution >= 0.6 is 0 Å². The van der Waals surface area contributed by atoms with Gasteiger partial charge >= 0.3 is 6.18 Å². The third kappa shape index (κ3) is 4.09. The van der Waals surface area contributed by atoms with Crippen LogP contribution in [0.4, 0.5) is 23.4 Å². The fraction of sp³-hybridized carbons (Fsp3) is 0.143. The molecule has 3 heterocycles. The highest BCUT2D eigenvalue weighted by Crippen LogP contribution is 2.34. The molecule has 0 spiro atoms. The van der Waals surface area contributed by atoms with E-state index in [9.17, 15) is 17.6 Å². The molecule has 164 valence electrons. The van der Waals surface area contributed by atoms with E-state index in [4.69, 9.17) is 4.74 Å². The van der Waals surface area contributed by atoms with Crippen molar-refractivity contribution in [1.29, 1.82) is 0 Å². The molecule has 0 saturated heterocycles. The molecule has 7 nitrogen and oxygen atoms in total. The van der Waals surface area contributed by atoms with Crippen molar-refractivity contribution in [2.24, 2.45) is 0 Å². The van der Waals surface area contributed by atoms with Crippen LogP contribution < -0.4 is 5.32 Å². The molecule has 1 N–H and O–H groups in total. The number of imidazole rings is 1. The second-order valence-corrected chi connectivity index (χ2v) is 6.68. The SMILES string of the molecule is C=C(OC)c1ccc2c(c1)nc(C(F)(F)F)n2-c1cnc(NCc2ccncc2F)cn1. The zero-order chi connectivity index (χ0) is 22.9. The molecule has 0 aliphatic carbocycles. The number of alkyl halides is 3. The normalized spacial score (nSPS) is 11.5. The number of halogens is 4. The number of hydrogen-bond donors (Lipinski definition) is 1. The summed E-state index contributed by atoms with van der Waals surface area (Å²) in [6.45, 7) is 3.81. The van der Waals surface area contributed by atoms with Crippen LogP contribution in [0.2, 0.25) is 0 Å².